The second-order valence-corrected chi connectivity index (χ2v) is 7.76. The first kappa shape index (κ1) is 20.8. The van der Waals surface area contributed by atoms with Crippen LogP contribution in [0.5, 0.6) is 0 Å². The molecule has 1 amide bonds. The van der Waals surface area contributed by atoms with Crippen LogP contribution < -0.4 is 5.43 Å². The molecule has 0 aliphatic rings. The van der Waals surface area contributed by atoms with E-state index in [1.807, 2.05) is 54.0 Å². The maximum atomic E-state index is 12.1. The van der Waals surface area contributed by atoms with Gasteiger partial charge in [-0.05, 0) is 24.0 Å². The maximum Gasteiger partial charge on any atom is 0.250 e. The highest BCUT2D eigenvalue weighted by molar-refractivity contribution is 7.99. The van der Waals surface area contributed by atoms with Gasteiger partial charge in [-0.2, -0.15) is 5.10 Å². The molecule has 0 spiro atoms. The maximum absolute atomic E-state index is 12.1. The summed E-state index contributed by atoms with van der Waals surface area (Å²) in [5.74, 6) is 1.33. The molecule has 3 rings (SSSR count). The predicted octanol–water partition coefficient (Wildman–Crippen LogP) is 4.33. The van der Waals surface area contributed by atoms with Gasteiger partial charge in [-0.3, -0.25) is 4.79 Å². The number of hydrogen-bond donors (Lipinski definition) is 1. The number of thioether (sulfide) groups is 1. The minimum absolute atomic E-state index is 0.183. The van der Waals surface area contributed by atoms with E-state index in [1.54, 1.807) is 6.21 Å². The lowest BCUT2D eigenvalue weighted by atomic mass is 10.0. The third-order valence-electron chi connectivity index (χ3n) is 4.40. The molecule has 1 heterocycles. The molecular weight excluding hydrogens is 382 g/mol. The molecule has 150 valence electrons. The van der Waals surface area contributed by atoms with Crippen molar-refractivity contribution in [2.45, 2.75) is 38.4 Å². The van der Waals surface area contributed by atoms with E-state index in [4.69, 9.17) is 0 Å². The molecule has 0 unspecified atom stereocenters. The van der Waals surface area contributed by atoms with E-state index in [0.29, 0.717) is 5.92 Å². The molecule has 0 saturated carbocycles. The average molecular weight is 408 g/mol. The van der Waals surface area contributed by atoms with Gasteiger partial charge in [-0.25, -0.2) is 5.43 Å². The van der Waals surface area contributed by atoms with Crippen LogP contribution in [0, 0.1) is 0 Å². The van der Waals surface area contributed by atoms with Gasteiger partial charge in [0, 0.05) is 12.1 Å². The average Bonchev–Trinajstić information content (AvgIpc) is 3.16. The van der Waals surface area contributed by atoms with Gasteiger partial charge in [0.1, 0.15) is 0 Å². The first-order valence-electron chi connectivity index (χ1n) is 9.61. The van der Waals surface area contributed by atoms with Crippen LogP contribution in [-0.2, 0) is 11.3 Å². The molecule has 7 heteroatoms. The van der Waals surface area contributed by atoms with Crippen molar-refractivity contribution in [3.63, 3.8) is 0 Å². The third kappa shape index (κ3) is 5.54. The summed E-state index contributed by atoms with van der Waals surface area (Å²) < 4.78 is 2.01. The molecule has 0 fully saturated rings. The van der Waals surface area contributed by atoms with Crippen LogP contribution in [0.15, 0.2) is 64.9 Å². The van der Waals surface area contributed by atoms with Gasteiger partial charge >= 0.3 is 0 Å². The summed E-state index contributed by atoms with van der Waals surface area (Å²) in [5, 5.41) is 13.3. The summed E-state index contributed by atoms with van der Waals surface area (Å²) in [6, 6.07) is 18.0. The first-order valence-corrected chi connectivity index (χ1v) is 10.6. The van der Waals surface area contributed by atoms with Crippen LogP contribution in [-0.4, -0.2) is 32.6 Å². The van der Waals surface area contributed by atoms with Crippen molar-refractivity contribution in [1.82, 2.24) is 20.2 Å². The molecule has 0 aliphatic heterocycles. The lowest BCUT2D eigenvalue weighted by Crippen LogP contribution is -2.20. The molecule has 0 bridgehead atoms. The Balaban J connectivity index is 1.55. The first-order chi connectivity index (χ1) is 14.1. The zero-order valence-electron chi connectivity index (χ0n) is 16.9. The zero-order chi connectivity index (χ0) is 20.6. The highest BCUT2D eigenvalue weighted by atomic mass is 32.2. The number of amides is 1. The number of carbonyl (C=O) groups is 1. The Kier molecular flexibility index (Phi) is 7.19. The monoisotopic (exact) mass is 407 g/mol. The molecule has 0 radical (unpaired) electrons. The largest absolute Gasteiger partial charge is 0.302 e. The van der Waals surface area contributed by atoms with Crippen LogP contribution in [0.3, 0.4) is 0 Å². The van der Waals surface area contributed by atoms with Crippen LogP contribution in [0.1, 0.15) is 37.8 Å². The molecule has 0 atom stereocenters. The Morgan fingerprint density at radius 3 is 2.52 bits per heavy atom. The summed E-state index contributed by atoms with van der Waals surface area (Å²) in [6.07, 6.45) is 1.65. The minimum Gasteiger partial charge on any atom is -0.302 e. The molecule has 6 nitrogen and oxygen atoms in total. The van der Waals surface area contributed by atoms with Crippen molar-refractivity contribution in [2.75, 3.05) is 5.75 Å². The highest BCUT2D eigenvalue weighted by Crippen LogP contribution is 2.23. The smallest absolute Gasteiger partial charge is 0.250 e. The van der Waals surface area contributed by atoms with E-state index in [9.17, 15) is 4.79 Å². The van der Waals surface area contributed by atoms with Gasteiger partial charge < -0.3 is 4.57 Å². The third-order valence-corrected chi connectivity index (χ3v) is 5.37. The number of hydrogen-bond acceptors (Lipinski definition) is 5. The minimum atomic E-state index is -0.183. The summed E-state index contributed by atoms with van der Waals surface area (Å²) in [7, 11) is 0. The Morgan fingerprint density at radius 1 is 1.14 bits per heavy atom. The van der Waals surface area contributed by atoms with Crippen molar-refractivity contribution in [3.8, 4) is 11.4 Å². The summed E-state index contributed by atoms with van der Waals surface area (Å²) >= 11 is 1.35. The van der Waals surface area contributed by atoms with Crippen LogP contribution in [0.4, 0.5) is 0 Å². The van der Waals surface area contributed by atoms with E-state index in [-0.39, 0.29) is 11.7 Å². The van der Waals surface area contributed by atoms with E-state index >= 15 is 0 Å². The Bertz CT molecular complexity index is 965. The van der Waals surface area contributed by atoms with E-state index < -0.39 is 0 Å². The number of nitrogens with zero attached hydrogens (tertiary/aromatic N) is 4. The second-order valence-electron chi connectivity index (χ2n) is 6.82. The van der Waals surface area contributed by atoms with Gasteiger partial charge in [0.2, 0.25) is 0 Å². The van der Waals surface area contributed by atoms with Crippen molar-refractivity contribution >= 4 is 23.9 Å². The van der Waals surface area contributed by atoms with Crippen LogP contribution in [0.2, 0.25) is 0 Å². The lowest BCUT2D eigenvalue weighted by molar-refractivity contribution is -0.118. The number of hydrazone groups is 1. The highest BCUT2D eigenvalue weighted by Gasteiger charge is 2.14. The standard InChI is InChI=1S/C22H25N5OS/c1-4-27-21(19-8-6-5-7-9-19)25-26-22(27)29-15-20(28)24-23-14-17-10-12-18(13-11-17)16(2)3/h5-14,16H,4,15H2,1-3H3,(H,24,28)/b23-14-. The fourth-order valence-corrected chi connectivity index (χ4v) is 3.58. The molecule has 3 aromatic rings. The molecule has 29 heavy (non-hydrogen) atoms. The second kappa shape index (κ2) is 10.0. The Morgan fingerprint density at radius 2 is 1.86 bits per heavy atom. The predicted molar refractivity (Wildman–Crippen MR) is 118 cm³/mol. The number of nitrogens with one attached hydrogen (secondary N) is 1. The van der Waals surface area contributed by atoms with Gasteiger partial charge in [-0.1, -0.05) is 80.2 Å². The molecule has 1 N–H and O–H groups in total. The van der Waals surface area contributed by atoms with E-state index in [1.165, 1.54) is 17.3 Å². The summed E-state index contributed by atoms with van der Waals surface area (Å²) in [4.78, 5) is 12.1. The fraction of sp³-hybridized carbons (Fsp3) is 0.273. The Labute approximate surface area is 175 Å². The molecular formula is C22H25N5OS. The lowest BCUT2D eigenvalue weighted by Gasteiger charge is -2.07. The van der Waals surface area contributed by atoms with E-state index in [2.05, 4.69) is 46.7 Å². The van der Waals surface area contributed by atoms with Crippen molar-refractivity contribution in [2.24, 2.45) is 5.10 Å². The van der Waals surface area contributed by atoms with Crippen LogP contribution >= 0.6 is 11.8 Å². The SMILES string of the molecule is CCn1c(SCC(=O)N/N=C\c2ccc(C(C)C)cc2)nnc1-c1ccccc1. The van der Waals surface area contributed by atoms with Crippen molar-refractivity contribution in [1.29, 1.82) is 0 Å². The van der Waals surface area contributed by atoms with Crippen molar-refractivity contribution in [3.05, 3.63) is 65.7 Å². The molecule has 1 aromatic heterocycles. The topological polar surface area (TPSA) is 72.2 Å². The van der Waals surface area contributed by atoms with Gasteiger partial charge in [0.25, 0.3) is 5.91 Å². The summed E-state index contributed by atoms with van der Waals surface area (Å²) in [6.45, 7) is 7.08. The van der Waals surface area contributed by atoms with Gasteiger partial charge in [0.15, 0.2) is 11.0 Å². The molecule has 2 aromatic carbocycles. The van der Waals surface area contributed by atoms with Crippen molar-refractivity contribution < 1.29 is 4.79 Å². The number of carbonyl (C=O) groups excluding carboxylic acids is 1. The molecule has 0 saturated heterocycles. The normalized spacial score (nSPS) is 11.3. The van der Waals surface area contributed by atoms with E-state index in [0.717, 1.165) is 28.7 Å². The quantitative estimate of drug-likeness (QED) is 0.343. The van der Waals surface area contributed by atoms with Crippen LogP contribution in [0.25, 0.3) is 11.4 Å². The van der Waals surface area contributed by atoms with Gasteiger partial charge in [0.05, 0.1) is 12.0 Å². The number of aromatic nitrogens is 3. The zero-order valence-corrected chi connectivity index (χ0v) is 17.7. The number of benzene rings is 2. The van der Waals surface area contributed by atoms with Gasteiger partial charge in [-0.15, -0.1) is 10.2 Å². The number of rotatable bonds is 8. The summed E-state index contributed by atoms with van der Waals surface area (Å²) in [5.41, 5.74) is 5.79. The molecule has 0 aliphatic carbocycles. The Hall–Kier alpha value is -2.93. The fourth-order valence-electron chi connectivity index (χ4n) is 2.79.